The Hall–Kier alpha value is -3.08. The molecule has 10 heteroatoms. The van der Waals surface area contributed by atoms with Crippen LogP contribution in [0.3, 0.4) is 0 Å². The Bertz CT molecular complexity index is 1060. The maximum absolute atomic E-state index is 12.3. The van der Waals surface area contributed by atoms with Gasteiger partial charge in [0.05, 0.1) is 39.7 Å². The van der Waals surface area contributed by atoms with Gasteiger partial charge in [-0.15, -0.1) is 0 Å². The largest absolute Gasteiger partial charge is 0.772 e. The van der Waals surface area contributed by atoms with Crippen LogP contribution in [0.25, 0.3) is 11.5 Å². The molecule has 0 saturated heterocycles. The average molecular weight is 479 g/mol. The summed E-state index contributed by atoms with van der Waals surface area (Å²) in [6.45, 7) is 2.67. The maximum Gasteiger partial charge on any atom is 0.255 e. The zero-order chi connectivity index (χ0) is 24.8. The van der Waals surface area contributed by atoms with Crippen molar-refractivity contribution >= 4 is 34.2 Å². The highest BCUT2D eigenvalue weighted by molar-refractivity contribution is 7.78. The molecule has 1 amide bonds. The Morgan fingerprint density at radius 3 is 2.09 bits per heavy atom. The van der Waals surface area contributed by atoms with Crippen LogP contribution in [0, 0.1) is 0 Å². The van der Waals surface area contributed by atoms with Crippen LogP contribution in [-0.4, -0.2) is 53.8 Å². The van der Waals surface area contributed by atoms with Crippen molar-refractivity contribution in [3.8, 4) is 11.5 Å². The van der Waals surface area contributed by atoms with Crippen LogP contribution >= 0.6 is 0 Å². The number of hydrogen-bond acceptors (Lipinski definition) is 8. The van der Waals surface area contributed by atoms with Crippen LogP contribution in [0.15, 0.2) is 36.4 Å². The molecule has 0 aliphatic carbocycles. The summed E-state index contributed by atoms with van der Waals surface area (Å²) in [5, 5.41) is 12.5. The van der Waals surface area contributed by atoms with Crippen LogP contribution in [0.5, 0.6) is 11.5 Å². The Labute approximate surface area is 195 Å². The fraction of sp³-hybridized carbons (Fsp3) is 0.348. The number of anilines is 1. The summed E-state index contributed by atoms with van der Waals surface area (Å²) < 4.78 is 45.4. The molecule has 0 bridgehead atoms. The predicted molar refractivity (Wildman–Crippen MR) is 124 cm³/mol. The summed E-state index contributed by atoms with van der Waals surface area (Å²) >= 11 is -2.45. The minimum Gasteiger partial charge on any atom is -0.772 e. The molecular weight excluding hydrogens is 450 g/mol. The number of rotatable bonds is 10. The van der Waals surface area contributed by atoms with E-state index in [1.165, 1.54) is 54.4 Å². The fourth-order valence-corrected chi connectivity index (χ4v) is 3.60. The molecule has 33 heavy (non-hydrogen) atoms. The number of ether oxygens (including phenoxy) is 4. The molecular formula is C23H28NO8S-. The number of amides is 1. The van der Waals surface area contributed by atoms with Crippen molar-refractivity contribution in [2.75, 3.05) is 33.8 Å². The number of aliphatic hydroxyl groups is 1. The number of carbonyl (C=O) groups is 1. The third-order valence-electron chi connectivity index (χ3n) is 4.71. The van der Waals surface area contributed by atoms with Gasteiger partial charge in [-0.3, -0.25) is 9.00 Å². The molecule has 0 spiro atoms. The molecule has 0 aliphatic rings. The molecule has 0 saturated carbocycles. The van der Waals surface area contributed by atoms with Crippen LogP contribution in [0.4, 0.5) is 5.69 Å². The third-order valence-corrected chi connectivity index (χ3v) is 5.26. The van der Waals surface area contributed by atoms with Crippen molar-refractivity contribution in [2.24, 2.45) is 0 Å². The van der Waals surface area contributed by atoms with Crippen molar-refractivity contribution < 1.29 is 37.6 Å². The fourth-order valence-electron chi connectivity index (χ4n) is 3.11. The lowest BCUT2D eigenvalue weighted by Crippen LogP contribution is -2.36. The van der Waals surface area contributed by atoms with Crippen LogP contribution in [0.1, 0.15) is 30.5 Å². The summed E-state index contributed by atoms with van der Waals surface area (Å²) in [4.78, 5) is 12.3. The Kier molecular flexibility index (Phi) is 8.86. The lowest BCUT2D eigenvalue weighted by atomic mass is 10.0. The van der Waals surface area contributed by atoms with Crippen molar-refractivity contribution in [2.45, 2.75) is 25.2 Å². The Balaban J connectivity index is 2.80. The van der Waals surface area contributed by atoms with E-state index in [1.807, 2.05) is 0 Å². The Morgan fingerprint density at radius 2 is 1.58 bits per heavy atom. The topological polar surface area (TPSA) is 126 Å². The first kappa shape index (κ1) is 26.2. The second-order valence-corrected chi connectivity index (χ2v) is 8.33. The first-order valence-electron chi connectivity index (χ1n) is 9.83. The summed E-state index contributed by atoms with van der Waals surface area (Å²) in [7, 11) is 5.81. The van der Waals surface area contributed by atoms with Crippen LogP contribution in [0.2, 0.25) is 0 Å². The van der Waals surface area contributed by atoms with E-state index in [1.54, 1.807) is 24.3 Å². The molecule has 2 aromatic rings. The van der Waals surface area contributed by atoms with E-state index >= 15 is 0 Å². The lowest BCUT2D eigenvalue weighted by molar-refractivity contribution is -0.130. The van der Waals surface area contributed by atoms with Gasteiger partial charge in [0.2, 0.25) is 0 Å². The van der Waals surface area contributed by atoms with Gasteiger partial charge in [-0.05, 0) is 43.7 Å². The second kappa shape index (κ2) is 11.2. The zero-order valence-corrected chi connectivity index (χ0v) is 20.2. The lowest BCUT2D eigenvalue weighted by Gasteiger charge is -2.22. The Morgan fingerprint density at radius 1 is 1.00 bits per heavy atom. The molecule has 1 unspecified atom stereocenters. The van der Waals surface area contributed by atoms with Gasteiger partial charge in [-0.1, -0.05) is 23.2 Å². The van der Waals surface area contributed by atoms with E-state index in [0.717, 1.165) is 0 Å². The number of carbonyl (C=O) groups excluding carboxylic acids is 1. The number of nitrogens with one attached hydrogen (secondary N) is 1. The van der Waals surface area contributed by atoms with Gasteiger partial charge in [0.25, 0.3) is 5.91 Å². The minimum absolute atomic E-state index is 0.195. The third kappa shape index (κ3) is 6.25. The highest BCUT2D eigenvalue weighted by Gasteiger charge is 2.26. The van der Waals surface area contributed by atoms with E-state index in [9.17, 15) is 18.7 Å². The SMILES string of the molecule is COC(=C(OC)c1ccccc1OC)c1cc(OC)c(NC(=O)C(C)(C)O)cc1CS(=O)[O-]. The van der Waals surface area contributed by atoms with Gasteiger partial charge in [0.1, 0.15) is 17.1 Å². The molecule has 0 radical (unpaired) electrons. The van der Waals surface area contributed by atoms with Gasteiger partial charge in [-0.25, -0.2) is 0 Å². The van der Waals surface area contributed by atoms with Crippen LogP contribution in [-0.2, 0) is 31.1 Å². The van der Waals surface area contributed by atoms with Gasteiger partial charge >= 0.3 is 0 Å². The van der Waals surface area contributed by atoms with E-state index in [0.29, 0.717) is 28.2 Å². The number of benzene rings is 2. The molecule has 0 heterocycles. The van der Waals surface area contributed by atoms with E-state index in [2.05, 4.69) is 5.32 Å². The summed E-state index contributed by atoms with van der Waals surface area (Å²) in [5.41, 5.74) is -0.179. The second-order valence-electron chi connectivity index (χ2n) is 7.44. The highest BCUT2D eigenvalue weighted by Crippen LogP contribution is 2.38. The molecule has 180 valence electrons. The maximum atomic E-state index is 12.3. The van der Waals surface area contributed by atoms with Gasteiger partial charge in [0.15, 0.2) is 11.5 Å². The molecule has 2 aromatic carbocycles. The number of para-hydroxylation sites is 1. The monoisotopic (exact) mass is 478 g/mol. The number of methoxy groups -OCH3 is 4. The van der Waals surface area contributed by atoms with E-state index < -0.39 is 22.6 Å². The molecule has 0 aromatic heterocycles. The summed E-state index contributed by atoms with van der Waals surface area (Å²) in [6.07, 6.45) is 0. The minimum atomic E-state index is -2.45. The van der Waals surface area contributed by atoms with E-state index in [-0.39, 0.29) is 22.9 Å². The smallest absolute Gasteiger partial charge is 0.255 e. The first-order chi connectivity index (χ1) is 15.6. The van der Waals surface area contributed by atoms with Gasteiger partial charge in [0, 0.05) is 11.3 Å². The average Bonchev–Trinajstić information content (AvgIpc) is 2.77. The number of hydrogen-bond donors (Lipinski definition) is 2. The molecule has 9 nitrogen and oxygen atoms in total. The summed E-state index contributed by atoms with van der Waals surface area (Å²) in [6, 6.07) is 10.1. The standard InChI is InChI=1S/C23H29NO8S/c1-23(2,26)22(25)24-17-11-14(13-33(27)28)16(12-19(17)30-4)21(32-6)20(31-5)15-9-7-8-10-18(15)29-3/h7-12,26H,13H2,1-6H3,(H,24,25)(H,27,28)/p-1. The van der Waals surface area contributed by atoms with Crippen molar-refractivity contribution in [3.63, 3.8) is 0 Å². The zero-order valence-electron chi connectivity index (χ0n) is 19.4. The predicted octanol–water partition coefficient (Wildman–Crippen LogP) is 2.91. The molecule has 0 aliphatic heterocycles. The van der Waals surface area contributed by atoms with Crippen molar-refractivity contribution in [1.82, 2.24) is 0 Å². The van der Waals surface area contributed by atoms with Gasteiger partial charge in [-0.2, -0.15) is 0 Å². The van der Waals surface area contributed by atoms with Crippen LogP contribution < -0.4 is 14.8 Å². The summed E-state index contributed by atoms with van der Waals surface area (Å²) in [5.74, 6) is 0.244. The van der Waals surface area contributed by atoms with E-state index in [4.69, 9.17) is 18.9 Å². The molecule has 2 N–H and O–H groups in total. The van der Waals surface area contributed by atoms with Crippen molar-refractivity contribution in [3.05, 3.63) is 53.1 Å². The molecule has 2 rings (SSSR count). The first-order valence-corrected chi connectivity index (χ1v) is 11.1. The molecule has 1 atom stereocenters. The van der Waals surface area contributed by atoms with Gasteiger partial charge < -0.3 is 33.9 Å². The normalized spacial score (nSPS) is 13.0. The molecule has 0 fully saturated rings. The quantitative estimate of drug-likeness (QED) is 0.303. The van der Waals surface area contributed by atoms with Crippen molar-refractivity contribution in [1.29, 1.82) is 0 Å². The highest BCUT2D eigenvalue weighted by atomic mass is 32.2.